The first-order valence-electron chi connectivity index (χ1n) is 13.0. The first-order chi connectivity index (χ1) is 18.4. The minimum absolute atomic E-state index is 0.168. The van der Waals surface area contributed by atoms with Crippen molar-refractivity contribution < 1.29 is 24.2 Å². The summed E-state index contributed by atoms with van der Waals surface area (Å²) in [6.07, 6.45) is 4.61. The largest absolute Gasteiger partial charge is 0.489 e. The van der Waals surface area contributed by atoms with Crippen molar-refractivity contribution >= 4 is 29.4 Å². The fraction of sp³-hybridized carbons (Fsp3) is 0.536. The molecule has 1 aliphatic carbocycles. The van der Waals surface area contributed by atoms with Crippen molar-refractivity contribution in [2.45, 2.75) is 52.7 Å². The Morgan fingerprint density at radius 2 is 1.82 bits per heavy atom. The number of piperidine rings is 1. The van der Waals surface area contributed by atoms with Gasteiger partial charge in [0.25, 0.3) is 5.91 Å². The topological polar surface area (TPSA) is 138 Å². The number of anilines is 1. The number of hydrogen-bond donors (Lipinski definition) is 2. The van der Waals surface area contributed by atoms with Crippen molar-refractivity contribution in [3.8, 4) is 11.8 Å². The summed E-state index contributed by atoms with van der Waals surface area (Å²) in [5.41, 5.74) is 0.0182. The number of halogens is 1. The summed E-state index contributed by atoms with van der Waals surface area (Å²) in [7, 11) is 0. The predicted molar refractivity (Wildman–Crippen MR) is 145 cm³/mol. The summed E-state index contributed by atoms with van der Waals surface area (Å²) in [5.74, 6) is 0.241. The van der Waals surface area contributed by atoms with Crippen LogP contribution in [-0.4, -0.2) is 65.4 Å². The number of aliphatic carboxylic acids is 1. The van der Waals surface area contributed by atoms with Crippen LogP contribution in [0.15, 0.2) is 30.6 Å². The highest BCUT2D eigenvalue weighted by molar-refractivity contribution is 6.31. The zero-order valence-electron chi connectivity index (χ0n) is 22.6. The van der Waals surface area contributed by atoms with Crippen LogP contribution in [0.2, 0.25) is 5.02 Å². The van der Waals surface area contributed by atoms with Gasteiger partial charge in [-0.3, -0.25) is 4.79 Å². The van der Waals surface area contributed by atoms with Crippen LogP contribution in [0, 0.1) is 28.1 Å². The van der Waals surface area contributed by atoms with Crippen LogP contribution in [0.3, 0.4) is 0 Å². The third-order valence-corrected chi connectivity index (χ3v) is 8.12. The number of nitrogens with one attached hydrogen (secondary N) is 1. The molecule has 208 valence electrons. The minimum Gasteiger partial charge on any atom is -0.489 e. The molecule has 1 saturated carbocycles. The molecule has 0 spiro atoms. The van der Waals surface area contributed by atoms with Crippen LogP contribution in [0.4, 0.5) is 5.95 Å². The Bertz CT molecular complexity index is 1240. The number of aromatic nitrogens is 2. The molecule has 0 unspecified atom stereocenters. The molecule has 2 fully saturated rings. The second-order valence-corrected chi connectivity index (χ2v) is 11.8. The number of rotatable bonds is 9. The Balaban J connectivity index is 1.33. The van der Waals surface area contributed by atoms with Crippen LogP contribution in [-0.2, 0) is 9.53 Å². The normalized spacial score (nSPS) is 21.9. The Morgan fingerprint density at radius 3 is 2.38 bits per heavy atom. The van der Waals surface area contributed by atoms with E-state index in [9.17, 15) is 9.59 Å². The lowest BCUT2D eigenvalue weighted by Crippen LogP contribution is -2.74. The second-order valence-electron chi connectivity index (χ2n) is 11.4. The molecule has 2 heterocycles. The zero-order valence-corrected chi connectivity index (χ0v) is 23.4. The van der Waals surface area contributed by atoms with Gasteiger partial charge in [-0.1, -0.05) is 39.3 Å². The van der Waals surface area contributed by atoms with E-state index in [-0.39, 0.29) is 35.5 Å². The van der Waals surface area contributed by atoms with Gasteiger partial charge >= 0.3 is 5.97 Å². The summed E-state index contributed by atoms with van der Waals surface area (Å²) < 4.78 is 11.5. The maximum absolute atomic E-state index is 13.1. The molecule has 0 bridgehead atoms. The second kappa shape index (κ2) is 11.4. The molecule has 10 nitrogen and oxygen atoms in total. The molecule has 4 rings (SSSR count). The van der Waals surface area contributed by atoms with Gasteiger partial charge in [-0.05, 0) is 30.9 Å². The highest BCUT2D eigenvalue weighted by Gasteiger charge is 2.64. The molecule has 1 aliphatic heterocycles. The Morgan fingerprint density at radius 1 is 1.18 bits per heavy atom. The lowest BCUT2D eigenvalue weighted by atomic mass is 9.49. The van der Waals surface area contributed by atoms with Crippen LogP contribution in [0.5, 0.6) is 5.75 Å². The van der Waals surface area contributed by atoms with E-state index in [1.165, 1.54) is 0 Å². The smallest absolute Gasteiger partial charge is 0.329 e. The third kappa shape index (κ3) is 6.10. The van der Waals surface area contributed by atoms with Crippen LogP contribution >= 0.6 is 11.6 Å². The van der Waals surface area contributed by atoms with Gasteiger partial charge in [-0.25, -0.2) is 14.8 Å². The van der Waals surface area contributed by atoms with E-state index in [0.717, 1.165) is 25.9 Å². The molecule has 2 N–H and O–H groups in total. The number of carbonyl (C=O) groups is 2. The van der Waals surface area contributed by atoms with E-state index in [2.05, 4.69) is 47.9 Å². The average molecular weight is 556 g/mol. The Hall–Kier alpha value is -3.42. The molecular weight excluding hydrogens is 522 g/mol. The number of hydrogen-bond acceptors (Lipinski definition) is 8. The third-order valence-electron chi connectivity index (χ3n) is 7.81. The van der Waals surface area contributed by atoms with Crippen molar-refractivity contribution in [2.75, 3.05) is 31.2 Å². The lowest BCUT2D eigenvalue weighted by Gasteiger charge is -2.63. The van der Waals surface area contributed by atoms with E-state index >= 15 is 0 Å². The quantitative estimate of drug-likeness (QED) is 0.471. The zero-order chi connectivity index (χ0) is 28.4. The van der Waals surface area contributed by atoms with Crippen molar-refractivity contribution in [1.29, 1.82) is 5.26 Å². The van der Waals surface area contributed by atoms with Gasteiger partial charge in [0.15, 0.2) is 0 Å². The number of amides is 1. The van der Waals surface area contributed by atoms with Gasteiger partial charge in [0.05, 0.1) is 22.8 Å². The number of nitrogens with zero attached hydrogens (tertiary/aromatic N) is 4. The molecule has 11 heteroatoms. The monoisotopic (exact) mass is 555 g/mol. The number of ether oxygens (including phenoxy) is 2. The maximum atomic E-state index is 13.1. The summed E-state index contributed by atoms with van der Waals surface area (Å²) in [5, 5.41) is 21.3. The van der Waals surface area contributed by atoms with Crippen LogP contribution in [0.1, 0.15) is 56.5 Å². The molecule has 0 atom stereocenters. The highest BCUT2D eigenvalue weighted by atomic mass is 35.5. The molecule has 2 aromatic rings. The van der Waals surface area contributed by atoms with Crippen molar-refractivity contribution in [3.05, 3.63) is 46.7 Å². The first-order valence-corrected chi connectivity index (χ1v) is 13.3. The number of carboxylic acid groups (broad SMARTS) is 1. The fourth-order valence-electron chi connectivity index (χ4n) is 6.02. The number of carbonyl (C=O) groups excluding carboxylic acids is 1. The van der Waals surface area contributed by atoms with Crippen molar-refractivity contribution in [1.82, 2.24) is 15.3 Å². The van der Waals surface area contributed by atoms with Gasteiger partial charge in [-0.2, -0.15) is 5.26 Å². The van der Waals surface area contributed by atoms with Gasteiger partial charge in [-0.15, -0.1) is 0 Å². The standard InChI is InChI=1S/C28H34ClN5O5/c1-27(2)24(28(3,4)25(27)39-20-6-5-18(12-30)21(29)11-20)33-23(37)19-13-31-26(32-14-19)34-9-7-17(8-10-34)15-38-16-22(35)36/h5-6,11,13-14,17,24-25H,7-10,15-16H2,1-4H3,(H,33,37)(H,35,36). The average Bonchev–Trinajstić information content (AvgIpc) is 2.90. The minimum atomic E-state index is -0.962. The first kappa shape index (κ1) is 28.6. The summed E-state index contributed by atoms with van der Waals surface area (Å²) >= 11 is 6.18. The molecule has 2 aliphatic rings. The van der Waals surface area contributed by atoms with E-state index in [1.807, 2.05) is 6.07 Å². The van der Waals surface area contributed by atoms with Crippen LogP contribution in [0.25, 0.3) is 0 Å². The summed E-state index contributed by atoms with van der Waals surface area (Å²) in [4.78, 5) is 34.7. The van der Waals surface area contributed by atoms with Gasteiger partial charge in [0.2, 0.25) is 5.95 Å². The van der Waals surface area contributed by atoms with E-state index < -0.39 is 5.97 Å². The number of carboxylic acids is 1. The van der Waals surface area contributed by atoms with Gasteiger partial charge in [0.1, 0.15) is 24.5 Å². The van der Waals surface area contributed by atoms with E-state index in [4.69, 9.17) is 31.4 Å². The Labute approximate surface area is 233 Å². The molecule has 0 radical (unpaired) electrons. The van der Waals surface area contributed by atoms with Gasteiger partial charge < -0.3 is 24.8 Å². The highest BCUT2D eigenvalue weighted by Crippen LogP contribution is 2.55. The molecule has 1 aromatic heterocycles. The molecule has 39 heavy (non-hydrogen) atoms. The fourth-order valence-corrected chi connectivity index (χ4v) is 6.24. The number of nitriles is 1. The molecule has 1 amide bonds. The molecule has 1 saturated heterocycles. The molecule has 1 aromatic carbocycles. The Kier molecular flexibility index (Phi) is 8.33. The summed E-state index contributed by atoms with van der Waals surface area (Å²) in [6.45, 7) is 9.84. The number of benzene rings is 1. The van der Waals surface area contributed by atoms with E-state index in [0.29, 0.717) is 40.4 Å². The summed E-state index contributed by atoms with van der Waals surface area (Å²) in [6, 6.07) is 6.89. The SMILES string of the molecule is CC1(C)C(NC(=O)c2cnc(N3CCC(COCC(=O)O)CC3)nc2)C(C)(C)C1Oc1ccc(C#N)c(Cl)c1. The predicted octanol–water partition coefficient (Wildman–Crippen LogP) is 3.93. The van der Waals surface area contributed by atoms with Crippen molar-refractivity contribution in [3.63, 3.8) is 0 Å². The van der Waals surface area contributed by atoms with Crippen LogP contribution < -0.4 is 15.0 Å². The van der Waals surface area contributed by atoms with Gasteiger partial charge in [0, 0.05) is 48.4 Å². The molecular formula is C28H34ClN5O5. The van der Waals surface area contributed by atoms with Crippen molar-refractivity contribution in [2.24, 2.45) is 16.7 Å². The maximum Gasteiger partial charge on any atom is 0.329 e. The lowest BCUT2D eigenvalue weighted by molar-refractivity contribution is -0.164. The van der Waals surface area contributed by atoms with E-state index in [1.54, 1.807) is 30.6 Å².